The van der Waals surface area contributed by atoms with Crippen molar-refractivity contribution in [3.05, 3.63) is 65.5 Å². The van der Waals surface area contributed by atoms with E-state index >= 15 is 0 Å². The Morgan fingerprint density at radius 2 is 1.86 bits per heavy atom. The van der Waals surface area contributed by atoms with E-state index in [1.165, 1.54) is 6.33 Å². The van der Waals surface area contributed by atoms with Crippen LogP contribution in [0.2, 0.25) is 0 Å². The number of anilines is 1. The fraction of sp³-hybridized carbons (Fsp3) is 0.429. The highest BCUT2D eigenvalue weighted by molar-refractivity contribution is 6.12. The number of fused-ring (bicyclic) bond motifs is 1. The minimum absolute atomic E-state index is 0.0106. The van der Waals surface area contributed by atoms with Crippen LogP contribution in [0, 0.1) is 5.41 Å². The Bertz CT molecular complexity index is 1290. The fourth-order valence-corrected chi connectivity index (χ4v) is 4.31. The molecule has 9 nitrogen and oxygen atoms in total. The van der Waals surface area contributed by atoms with Crippen molar-refractivity contribution in [1.82, 2.24) is 25.3 Å². The first-order chi connectivity index (χ1) is 17.8. The summed E-state index contributed by atoms with van der Waals surface area (Å²) in [6.07, 6.45) is 14.7. The third-order valence-electron chi connectivity index (χ3n) is 6.66. The number of carbonyl (C=O) groups excluding carboxylic acids is 1. The Balaban J connectivity index is 1.20. The molecule has 2 aliphatic heterocycles. The van der Waals surface area contributed by atoms with Gasteiger partial charge in [-0.3, -0.25) is 9.79 Å². The standard InChI is InChI=1S/C28H33N7O2/c1-5-18-15-29-27(30-16-18)35-10-8-21(9-11-35)37-25-14-23(31-17-32-25)24-13-19-12-20(6-7-22(19)34-24)33-26(36)28(2,3)4/h6,12-17,21H,5,7-11H2,1-4H3,(H,33,36). The van der Waals surface area contributed by atoms with E-state index in [2.05, 4.69) is 37.1 Å². The van der Waals surface area contributed by atoms with Crippen molar-refractivity contribution < 1.29 is 9.53 Å². The number of carbonyl (C=O) groups is 1. The van der Waals surface area contributed by atoms with Crippen LogP contribution < -0.4 is 15.0 Å². The highest BCUT2D eigenvalue weighted by atomic mass is 16.5. The molecule has 0 aromatic carbocycles. The maximum Gasteiger partial charge on any atom is 0.229 e. The molecule has 0 saturated carbocycles. The van der Waals surface area contributed by atoms with Crippen molar-refractivity contribution in [1.29, 1.82) is 0 Å². The number of ether oxygens (including phenoxy) is 1. The minimum atomic E-state index is -0.452. The van der Waals surface area contributed by atoms with E-state index in [0.717, 1.165) is 72.2 Å². The van der Waals surface area contributed by atoms with E-state index in [4.69, 9.17) is 9.73 Å². The van der Waals surface area contributed by atoms with E-state index in [9.17, 15) is 4.79 Å². The summed E-state index contributed by atoms with van der Waals surface area (Å²) in [5.74, 6) is 1.32. The average molecular weight is 500 g/mol. The van der Waals surface area contributed by atoms with Gasteiger partial charge in [-0.2, -0.15) is 0 Å². The predicted molar refractivity (Wildman–Crippen MR) is 143 cm³/mol. The monoisotopic (exact) mass is 499 g/mol. The molecule has 5 rings (SSSR count). The summed E-state index contributed by atoms with van der Waals surface area (Å²) >= 11 is 0. The van der Waals surface area contributed by atoms with Crippen LogP contribution in [0.15, 0.2) is 59.3 Å². The number of aliphatic imine (C=N–C) groups is 1. The van der Waals surface area contributed by atoms with E-state index in [1.54, 1.807) is 0 Å². The van der Waals surface area contributed by atoms with Gasteiger partial charge in [0.05, 0.1) is 17.1 Å². The summed E-state index contributed by atoms with van der Waals surface area (Å²) < 4.78 is 6.22. The summed E-state index contributed by atoms with van der Waals surface area (Å²) in [5.41, 5.74) is 4.94. The molecule has 1 amide bonds. The third kappa shape index (κ3) is 5.76. The van der Waals surface area contributed by atoms with Gasteiger partial charge in [-0.05, 0) is 24.1 Å². The van der Waals surface area contributed by atoms with Gasteiger partial charge in [0.25, 0.3) is 0 Å². The number of piperidine rings is 1. The quantitative estimate of drug-likeness (QED) is 0.639. The fourth-order valence-electron chi connectivity index (χ4n) is 4.31. The molecule has 0 atom stereocenters. The normalized spacial score (nSPS) is 17.9. The zero-order valence-corrected chi connectivity index (χ0v) is 21.9. The molecule has 3 aliphatic rings. The largest absolute Gasteiger partial charge is 0.474 e. The average Bonchev–Trinajstić information content (AvgIpc) is 3.32. The van der Waals surface area contributed by atoms with Gasteiger partial charge in [-0.1, -0.05) is 33.8 Å². The SMILES string of the molecule is CCc1cnc(N2CCC(Oc3cc(C4=CC5=CC(NC(=O)C(C)(C)C)=CCC5=N4)ncn3)CC2)nc1. The van der Waals surface area contributed by atoms with E-state index in [0.29, 0.717) is 12.3 Å². The lowest BCUT2D eigenvalue weighted by atomic mass is 9.94. The summed E-state index contributed by atoms with van der Waals surface area (Å²) in [5, 5.41) is 3.00. The Morgan fingerprint density at radius 1 is 1.11 bits per heavy atom. The molecular formula is C28H33N7O2. The van der Waals surface area contributed by atoms with Gasteiger partial charge in [0, 0.05) is 67.5 Å². The lowest BCUT2D eigenvalue weighted by molar-refractivity contribution is -0.127. The number of hydrogen-bond donors (Lipinski definition) is 1. The van der Waals surface area contributed by atoms with Crippen LogP contribution in [0.1, 0.15) is 58.2 Å². The van der Waals surface area contributed by atoms with Gasteiger partial charge in [0.2, 0.25) is 17.7 Å². The lowest BCUT2D eigenvalue weighted by Crippen LogP contribution is -2.39. The molecule has 9 heteroatoms. The van der Waals surface area contributed by atoms with E-state index < -0.39 is 5.41 Å². The van der Waals surface area contributed by atoms with Crippen LogP contribution in [0.25, 0.3) is 5.70 Å². The second kappa shape index (κ2) is 10.2. The number of hydrogen-bond acceptors (Lipinski definition) is 8. The van der Waals surface area contributed by atoms with Crippen LogP contribution in [0.4, 0.5) is 5.95 Å². The summed E-state index contributed by atoms with van der Waals surface area (Å²) in [4.78, 5) is 37.1. The van der Waals surface area contributed by atoms with Crippen molar-refractivity contribution >= 4 is 23.3 Å². The molecular weight excluding hydrogens is 466 g/mol. The number of rotatable bonds is 6. The number of amides is 1. The Labute approximate surface area is 217 Å². The predicted octanol–water partition coefficient (Wildman–Crippen LogP) is 4.05. The first kappa shape index (κ1) is 24.8. The van der Waals surface area contributed by atoms with Crippen molar-refractivity contribution in [2.24, 2.45) is 10.4 Å². The first-order valence-corrected chi connectivity index (χ1v) is 12.9. The van der Waals surface area contributed by atoms with E-state index in [-0.39, 0.29) is 12.0 Å². The van der Waals surface area contributed by atoms with Gasteiger partial charge in [-0.25, -0.2) is 19.9 Å². The highest BCUT2D eigenvalue weighted by Crippen LogP contribution is 2.30. The van der Waals surface area contributed by atoms with Gasteiger partial charge in [0.1, 0.15) is 12.4 Å². The number of aryl methyl sites for hydroxylation is 1. The molecule has 1 N–H and O–H groups in total. The van der Waals surface area contributed by atoms with Crippen LogP contribution in [-0.2, 0) is 11.2 Å². The van der Waals surface area contributed by atoms with Crippen molar-refractivity contribution in [3.63, 3.8) is 0 Å². The van der Waals surface area contributed by atoms with Crippen LogP contribution >= 0.6 is 0 Å². The lowest BCUT2D eigenvalue weighted by Gasteiger charge is -2.31. The van der Waals surface area contributed by atoms with Crippen LogP contribution in [-0.4, -0.2) is 50.7 Å². The van der Waals surface area contributed by atoms with Crippen LogP contribution in [0.3, 0.4) is 0 Å². The third-order valence-corrected chi connectivity index (χ3v) is 6.66. The molecule has 1 fully saturated rings. The molecule has 37 heavy (non-hydrogen) atoms. The molecule has 0 spiro atoms. The molecule has 0 radical (unpaired) electrons. The second-order valence-electron chi connectivity index (χ2n) is 10.5. The second-order valence-corrected chi connectivity index (χ2v) is 10.5. The zero-order valence-electron chi connectivity index (χ0n) is 21.9. The smallest absolute Gasteiger partial charge is 0.229 e. The van der Waals surface area contributed by atoms with Gasteiger partial charge >= 0.3 is 0 Å². The minimum Gasteiger partial charge on any atom is -0.474 e. The highest BCUT2D eigenvalue weighted by Gasteiger charge is 2.25. The summed E-state index contributed by atoms with van der Waals surface area (Å²) in [7, 11) is 0. The molecule has 2 aromatic heterocycles. The van der Waals surface area contributed by atoms with Gasteiger partial charge in [-0.15, -0.1) is 0 Å². The number of aromatic nitrogens is 4. The Kier molecular flexibility index (Phi) is 6.86. The maximum absolute atomic E-state index is 12.4. The Hall–Kier alpha value is -3.88. The van der Waals surface area contributed by atoms with Crippen LogP contribution in [0.5, 0.6) is 5.88 Å². The zero-order chi connectivity index (χ0) is 26.0. The molecule has 4 heterocycles. The van der Waals surface area contributed by atoms with E-state index in [1.807, 2.05) is 57.5 Å². The van der Waals surface area contributed by atoms with Crippen molar-refractivity contribution in [2.45, 2.75) is 59.5 Å². The first-order valence-electron chi connectivity index (χ1n) is 12.9. The molecule has 0 unspecified atom stereocenters. The molecule has 2 aromatic rings. The molecule has 192 valence electrons. The molecule has 1 saturated heterocycles. The number of nitrogens with zero attached hydrogens (tertiary/aromatic N) is 6. The number of nitrogens with one attached hydrogen (secondary N) is 1. The molecule has 1 aliphatic carbocycles. The van der Waals surface area contributed by atoms with Crippen molar-refractivity contribution in [2.75, 3.05) is 18.0 Å². The van der Waals surface area contributed by atoms with Gasteiger partial charge < -0.3 is 15.0 Å². The van der Waals surface area contributed by atoms with Gasteiger partial charge in [0.15, 0.2) is 0 Å². The van der Waals surface area contributed by atoms with Crippen molar-refractivity contribution in [3.8, 4) is 5.88 Å². The topological polar surface area (TPSA) is 105 Å². The summed E-state index contributed by atoms with van der Waals surface area (Å²) in [6, 6.07) is 1.85. The summed E-state index contributed by atoms with van der Waals surface area (Å²) in [6.45, 7) is 9.47. The number of allylic oxidation sites excluding steroid dienone is 4. The maximum atomic E-state index is 12.4. The Morgan fingerprint density at radius 3 is 2.57 bits per heavy atom. The molecule has 0 bridgehead atoms.